The van der Waals surface area contributed by atoms with Crippen LogP contribution in [-0.4, -0.2) is 19.6 Å². The molecule has 0 atom stereocenters. The molecule has 0 unspecified atom stereocenters. The van der Waals surface area contributed by atoms with Crippen LogP contribution in [0.15, 0.2) is 42.5 Å². The van der Waals surface area contributed by atoms with Gasteiger partial charge in [-0.1, -0.05) is 24.3 Å². The molecule has 0 saturated heterocycles. The Kier molecular flexibility index (Phi) is 6.72. The number of ether oxygens (including phenoxy) is 1. The summed E-state index contributed by atoms with van der Waals surface area (Å²) in [5, 5.41) is 5.69. The highest BCUT2D eigenvalue weighted by atomic mass is 19.1. The van der Waals surface area contributed by atoms with Gasteiger partial charge in [-0.3, -0.25) is 4.79 Å². The van der Waals surface area contributed by atoms with Crippen LogP contribution in [-0.2, 0) is 24.4 Å². The van der Waals surface area contributed by atoms with Crippen molar-refractivity contribution in [3.05, 3.63) is 65.0 Å². The maximum absolute atomic E-state index is 13.8. The van der Waals surface area contributed by atoms with Gasteiger partial charge < -0.3 is 21.1 Å². The number of carbonyl (C=O) groups is 1. The zero-order chi connectivity index (χ0) is 17.4. The Bertz CT molecular complexity index is 692. The molecular weight excluding hydrogens is 309 g/mol. The molecule has 2 aromatic rings. The van der Waals surface area contributed by atoms with Crippen molar-refractivity contribution >= 4 is 5.91 Å². The molecule has 0 saturated carbocycles. The fourth-order valence-corrected chi connectivity index (χ4v) is 2.20. The number of carbonyl (C=O) groups excluding carboxylic acids is 1. The van der Waals surface area contributed by atoms with Gasteiger partial charge in [0.25, 0.3) is 5.91 Å². The number of benzene rings is 2. The first kappa shape index (κ1) is 17.9. The standard InChI is InChI=1S/C18H22FN3O2/c1-21-10-14-3-2-4-16(7-14)24-12-18(23)22-11-15-6-5-13(9-20)8-17(15)19/h2-8,21H,9-12,20H2,1H3,(H,22,23). The van der Waals surface area contributed by atoms with Gasteiger partial charge in [-0.2, -0.15) is 0 Å². The molecule has 0 aromatic heterocycles. The quantitative estimate of drug-likeness (QED) is 0.688. The van der Waals surface area contributed by atoms with Crippen LogP contribution in [0.2, 0.25) is 0 Å². The van der Waals surface area contributed by atoms with Gasteiger partial charge in [0.1, 0.15) is 11.6 Å². The Labute approximate surface area is 141 Å². The lowest BCUT2D eigenvalue weighted by Gasteiger charge is -2.10. The predicted octanol–water partition coefficient (Wildman–Crippen LogP) is 1.70. The zero-order valence-electron chi connectivity index (χ0n) is 13.6. The van der Waals surface area contributed by atoms with Crippen LogP contribution in [0.25, 0.3) is 0 Å². The fraction of sp³-hybridized carbons (Fsp3) is 0.278. The zero-order valence-corrected chi connectivity index (χ0v) is 13.6. The van der Waals surface area contributed by atoms with Crippen LogP contribution in [0.3, 0.4) is 0 Å². The minimum absolute atomic E-state index is 0.110. The van der Waals surface area contributed by atoms with Gasteiger partial charge in [-0.15, -0.1) is 0 Å². The molecule has 2 aromatic carbocycles. The minimum atomic E-state index is -0.376. The molecule has 2 rings (SSSR count). The lowest BCUT2D eigenvalue weighted by atomic mass is 10.1. The average molecular weight is 331 g/mol. The Hall–Kier alpha value is -2.44. The van der Waals surface area contributed by atoms with Crippen molar-refractivity contribution in [2.24, 2.45) is 5.73 Å². The van der Waals surface area contributed by atoms with E-state index >= 15 is 0 Å². The highest BCUT2D eigenvalue weighted by molar-refractivity contribution is 5.77. The number of nitrogens with one attached hydrogen (secondary N) is 2. The number of hydrogen-bond donors (Lipinski definition) is 3. The highest BCUT2D eigenvalue weighted by Gasteiger charge is 2.07. The van der Waals surface area contributed by atoms with E-state index in [-0.39, 0.29) is 31.4 Å². The van der Waals surface area contributed by atoms with Crippen molar-refractivity contribution in [2.45, 2.75) is 19.6 Å². The van der Waals surface area contributed by atoms with Crippen molar-refractivity contribution in [1.82, 2.24) is 10.6 Å². The van der Waals surface area contributed by atoms with E-state index in [1.165, 1.54) is 6.07 Å². The summed E-state index contributed by atoms with van der Waals surface area (Å²) in [6.07, 6.45) is 0. The molecule has 0 spiro atoms. The van der Waals surface area contributed by atoms with Crippen molar-refractivity contribution in [2.75, 3.05) is 13.7 Å². The molecule has 0 fully saturated rings. The van der Waals surface area contributed by atoms with Crippen LogP contribution >= 0.6 is 0 Å². The lowest BCUT2D eigenvalue weighted by Crippen LogP contribution is -2.28. The summed E-state index contributed by atoms with van der Waals surface area (Å²) >= 11 is 0. The second-order valence-corrected chi connectivity index (χ2v) is 5.37. The van der Waals surface area contributed by atoms with Crippen molar-refractivity contribution < 1.29 is 13.9 Å². The molecule has 0 heterocycles. The highest BCUT2D eigenvalue weighted by Crippen LogP contribution is 2.13. The SMILES string of the molecule is CNCc1cccc(OCC(=O)NCc2ccc(CN)cc2F)c1. The molecule has 0 bridgehead atoms. The van der Waals surface area contributed by atoms with E-state index in [4.69, 9.17) is 10.5 Å². The minimum Gasteiger partial charge on any atom is -0.484 e. The van der Waals surface area contributed by atoms with Gasteiger partial charge in [0.05, 0.1) is 0 Å². The summed E-state index contributed by atoms with van der Waals surface area (Å²) in [4.78, 5) is 11.8. The molecule has 0 aliphatic rings. The first-order valence-corrected chi connectivity index (χ1v) is 7.72. The van der Waals surface area contributed by atoms with Crippen LogP contribution in [0, 0.1) is 5.82 Å². The van der Waals surface area contributed by atoms with Crippen LogP contribution in [0.1, 0.15) is 16.7 Å². The molecule has 4 N–H and O–H groups in total. The number of hydrogen-bond acceptors (Lipinski definition) is 4. The third kappa shape index (κ3) is 5.33. The van der Waals surface area contributed by atoms with Crippen LogP contribution in [0.5, 0.6) is 5.75 Å². The van der Waals surface area contributed by atoms with E-state index in [0.717, 1.165) is 12.1 Å². The average Bonchev–Trinajstić information content (AvgIpc) is 2.59. The normalized spacial score (nSPS) is 10.5. The third-order valence-corrected chi connectivity index (χ3v) is 3.48. The Balaban J connectivity index is 1.82. The van der Waals surface area contributed by atoms with E-state index < -0.39 is 0 Å². The maximum Gasteiger partial charge on any atom is 0.258 e. The van der Waals surface area contributed by atoms with E-state index in [9.17, 15) is 9.18 Å². The maximum atomic E-state index is 13.8. The molecule has 1 amide bonds. The largest absolute Gasteiger partial charge is 0.484 e. The first-order valence-electron chi connectivity index (χ1n) is 7.72. The van der Waals surface area contributed by atoms with Gasteiger partial charge in [0.15, 0.2) is 6.61 Å². The topological polar surface area (TPSA) is 76.4 Å². The van der Waals surface area contributed by atoms with Crippen molar-refractivity contribution in [1.29, 1.82) is 0 Å². The van der Waals surface area contributed by atoms with Crippen LogP contribution in [0.4, 0.5) is 4.39 Å². The van der Waals surface area contributed by atoms with Gasteiger partial charge in [0, 0.05) is 25.2 Å². The first-order chi connectivity index (χ1) is 11.6. The van der Waals surface area contributed by atoms with E-state index in [0.29, 0.717) is 16.9 Å². The second kappa shape index (κ2) is 9.00. The summed E-state index contributed by atoms with van der Waals surface area (Å²) in [7, 11) is 1.86. The van der Waals surface area contributed by atoms with Gasteiger partial charge >= 0.3 is 0 Å². The number of amides is 1. The monoisotopic (exact) mass is 331 g/mol. The lowest BCUT2D eigenvalue weighted by molar-refractivity contribution is -0.123. The summed E-state index contributed by atoms with van der Waals surface area (Å²) < 4.78 is 19.3. The number of nitrogens with two attached hydrogens (primary N) is 1. The fourth-order valence-electron chi connectivity index (χ4n) is 2.20. The van der Waals surface area contributed by atoms with E-state index in [1.54, 1.807) is 18.2 Å². The number of halogens is 1. The Morgan fingerprint density at radius 1 is 1.17 bits per heavy atom. The Morgan fingerprint density at radius 3 is 2.71 bits per heavy atom. The molecule has 24 heavy (non-hydrogen) atoms. The molecule has 0 aliphatic carbocycles. The molecule has 6 heteroatoms. The summed E-state index contributed by atoms with van der Waals surface area (Å²) in [6.45, 7) is 0.996. The third-order valence-electron chi connectivity index (χ3n) is 3.48. The molecule has 128 valence electrons. The van der Waals surface area contributed by atoms with Crippen molar-refractivity contribution in [3.63, 3.8) is 0 Å². The molecule has 0 aliphatic heterocycles. The second-order valence-electron chi connectivity index (χ2n) is 5.37. The van der Waals surface area contributed by atoms with Gasteiger partial charge in [-0.05, 0) is 36.4 Å². The summed E-state index contributed by atoms with van der Waals surface area (Å²) in [5.74, 6) is -0.0633. The summed E-state index contributed by atoms with van der Waals surface area (Å²) in [6, 6.07) is 12.2. The molecular formula is C18H22FN3O2. The van der Waals surface area contributed by atoms with Gasteiger partial charge in [-0.25, -0.2) is 4.39 Å². The summed E-state index contributed by atoms with van der Waals surface area (Å²) in [5.41, 5.74) is 7.65. The number of rotatable bonds is 8. The smallest absolute Gasteiger partial charge is 0.258 e. The predicted molar refractivity (Wildman–Crippen MR) is 90.8 cm³/mol. The van der Waals surface area contributed by atoms with Crippen LogP contribution < -0.4 is 21.1 Å². The van der Waals surface area contributed by atoms with Crippen molar-refractivity contribution in [3.8, 4) is 5.75 Å². The van der Waals surface area contributed by atoms with Gasteiger partial charge in [0.2, 0.25) is 0 Å². The van der Waals surface area contributed by atoms with E-state index in [2.05, 4.69) is 10.6 Å². The van der Waals surface area contributed by atoms with E-state index in [1.807, 2.05) is 25.2 Å². The Morgan fingerprint density at radius 2 is 2.00 bits per heavy atom. The molecule has 0 radical (unpaired) electrons. The molecule has 5 nitrogen and oxygen atoms in total.